The lowest BCUT2D eigenvalue weighted by atomic mass is 10.1. The lowest BCUT2D eigenvalue weighted by Gasteiger charge is -2.20. The van der Waals surface area contributed by atoms with Crippen LogP contribution in [0.15, 0.2) is 46.4 Å². The first-order chi connectivity index (χ1) is 15.5. The number of benzene rings is 1. The van der Waals surface area contributed by atoms with E-state index in [1.807, 2.05) is 0 Å². The standard InChI is InChI=1S/C20H12Cl2F4N4O3/c21-12-4-11(7-27)15(22)13(5-12)33-16-17(20(25,26)6-14(23)24)29-9-30(19(16)32)8-10-2-1-3-28-18(10)31/h1-5,9,14H,6,8H2,(H,28,31). The molecular weight excluding hydrogens is 491 g/mol. The summed E-state index contributed by atoms with van der Waals surface area (Å²) in [6.45, 7) is -0.383. The highest BCUT2D eigenvalue weighted by molar-refractivity contribution is 6.35. The van der Waals surface area contributed by atoms with Crippen LogP contribution in [-0.2, 0) is 12.5 Å². The molecule has 172 valence electrons. The van der Waals surface area contributed by atoms with E-state index in [4.69, 9.17) is 33.2 Å². The predicted molar refractivity (Wildman–Crippen MR) is 110 cm³/mol. The predicted octanol–water partition coefficient (Wildman–Crippen LogP) is 4.70. The van der Waals surface area contributed by atoms with Gasteiger partial charge in [0.1, 0.15) is 16.8 Å². The van der Waals surface area contributed by atoms with Gasteiger partial charge in [-0.15, -0.1) is 0 Å². The largest absolute Gasteiger partial charge is 0.448 e. The zero-order valence-electron chi connectivity index (χ0n) is 16.3. The Morgan fingerprint density at radius 1 is 1.27 bits per heavy atom. The Balaban J connectivity index is 2.19. The maximum absolute atomic E-state index is 14.6. The second kappa shape index (κ2) is 9.64. The Morgan fingerprint density at radius 3 is 2.64 bits per heavy atom. The first-order valence-electron chi connectivity index (χ1n) is 9.03. The van der Waals surface area contributed by atoms with E-state index in [2.05, 4.69) is 9.97 Å². The van der Waals surface area contributed by atoms with E-state index in [-0.39, 0.29) is 27.7 Å². The third kappa shape index (κ3) is 5.35. The number of nitrogens with zero attached hydrogens (tertiary/aromatic N) is 3. The van der Waals surface area contributed by atoms with Crippen LogP contribution < -0.4 is 15.9 Å². The summed E-state index contributed by atoms with van der Waals surface area (Å²) in [5.74, 6) is -5.80. The zero-order chi connectivity index (χ0) is 24.3. The van der Waals surface area contributed by atoms with E-state index < -0.39 is 47.1 Å². The van der Waals surface area contributed by atoms with Gasteiger partial charge in [0.15, 0.2) is 5.69 Å². The molecule has 1 aromatic carbocycles. The Bertz CT molecular complexity index is 1350. The number of aromatic nitrogens is 3. The van der Waals surface area contributed by atoms with Gasteiger partial charge in [-0.3, -0.25) is 14.2 Å². The number of hydrogen-bond acceptors (Lipinski definition) is 5. The quantitative estimate of drug-likeness (QED) is 0.472. The Labute approximate surface area is 192 Å². The number of aromatic amines is 1. The van der Waals surface area contributed by atoms with Gasteiger partial charge in [0.25, 0.3) is 17.0 Å². The first-order valence-corrected chi connectivity index (χ1v) is 9.78. The molecule has 7 nitrogen and oxygen atoms in total. The van der Waals surface area contributed by atoms with E-state index in [0.717, 1.165) is 10.6 Å². The summed E-state index contributed by atoms with van der Waals surface area (Å²) >= 11 is 11.9. The summed E-state index contributed by atoms with van der Waals surface area (Å²) in [6.07, 6.45) is -3.30. The van der Waals surface area contributed by atoms with Crippen LogP contribution in [0, 0.1) is 11.3 Å². The minimum absolute atomic E-state index is 0.0631. The summed E-state index contributed by atoms with van der Waals surface area (Å²) in [5, 5.41) is 8.73. The summed E-state index contributed by atoms with van der Waals surface area (Å²) in [7, 11) is 0. The molecule has 2 heterocycles. The van der Waals surface area contributed by atoms with Crippen molar-refractivity contribution in [2.24, 2.45) is 0 Å². The number of alkyl halides is 4. The number of pyridine rings is 1. The van der Waals surface area contributed by atoms with Crippen LogP contribution in [0.25, 0.3) is 0 Å². The zero-order valence-corrected chi connectivity index (χ0v) is 17.8. The molecule has 0 aliphatic heterocycles. The highest BCUT2D eigenvalue weighted by Crippen LogP contribution is 2.40. The summed E-state index contributed by atoms with van der Waals surface area (Å²) < 4.78 is 60.7. The molecule has 0 saturated heterocycles. The van der Waals surface area contributed by atoms with Gasteiger partial charge >= 0.3 is 0 Å². The molecular formula is C20H12Cl2F4N4O3. The monoisotopic (exact) mass is 502 g/mol. The number of halogens is 6. The number of nitrogens with one attached hydrogen (secondary N) is 1. The van der Waals surface area contributed by atoms with Gasteiger partial charge in [-0.05, 0) is 12.1 Å². The van der Waals surface area contributed by atoms with Gasteiger partial charge in [0.2, 0.25) is 12.2 Å². The van der Waals surface area contributed by atoms with E-state index in [0.29, 0.717) is 6.33 Å². The SMILES string of the molecule is N#Cc1cc(Cl)cc(Oc2c(C(F)(F)CC(F)F)ncn(Cc3ccc[nH]c3=O)c2=O)c1Cl. The molecule has 0 aliphatic carbocycles. The van der Waals surface area contributed by atoms with Crippen molar-refractivity contribution in [3.63, 3.8) is 0 Å². The third-order valence-electron chi connectivity index (χ3n) is 4.33. The fourth-order valence-corrected chi connectivity index (χ4v) is 3.22. The highest BCUT2D eigenvalue weighted by atomic mass is 35.5. The molecule has 0 radical (unpaired) electrons. The molecule has 0 saturated carbocycles. The van der Waals surface area contributed by atoms with Gasteiger partial charge in [-0.1, -0.05) is 29.3 Å². The van der Waals surface area contributed by atoms with Crippen molar-refractivity contribution in [3.05, 3.63) is 84.4 Å². The van der Waals surface area contributed by atoms with Gasteiger partial charge in [-0.2, -0.15) is 14.0 Å². The van der Waals surface area contributed by atoms with E-state index in [1.165, 1.54) is 24.4 Å². The Kier molecular flexibility index (Phi) is 7.09. The van der Waals surface area contributed by atoms with Gasteiger partial charge in [0.05, 0.1) is 24.9 Å². The molecule has 3 rings (SSSR count). The van der Waals surface area contributed by atoms with E-state index in [9.17, 15) is 27.2 Å². The van der Waals surface area contributed by atoms with Crippen LogP contribution >= 0.6 is 23.2 Å². The van der Waals surface area contributed by atoms with Crippen molar-refractivity contribution in [1.82, 2.24) is 14.5 Å². The molecule has 33 heavy (non-hydrogen) atoms. The van der Waals surface area contributed by atoms with Crippen LogP contribution in [0.4, 0.5) is 17.6 Å². The molecule has 0 fully saturated rings. The van der Waals surface area contributed by atoms with Crippen molar-refractivity contribution >= 4 is 23.2 Å². The molecule has 13 heteroatoms. The summed E-state index contributed by atoms with van der Waals surface area (Å²) in [6, 6.07) is 6.81. The van der Waals surface area contributed by atoms with Crippen molar-refractivity contribution in [3.8, 4) is 17.6 Å². The van der Waals surface area contributed by atoms with Crippen LogP contribution in [0.3, 0.4) is 0 Å². The van der Waals surface area contributed by atoms with Crippen LogP contribution in [0.2, 0.25) is 10.0 Å². The van der Waals surface area contributed by atoms with Crippen LogP contribution in [0.1, 0.15) is 23.2 Å². The molecule has 0 aliphatic rings. The topological polar surface area (TPSA) is 101 Å². The highest BCUT2D eigenvalue weighted by Gasteiger charge is 2.41. The minimum Gasteiger partial charge on any atom is -0.448 e. The molecule has 0 atom stereocenters. The number of hydrogen-bond donors (Lipinski definition) is 1. The summed E-state index contributed by atoms with van der Waals surface area (Å²) in [5.41, 5.74) is -3.20. The fraction of sp³-hybridized carbons (Fsp3) is 0.200. The average molecular weight is 503 g/mol. The molecule has 0 bridgehead atoms. The second-order valence-electron chi connectivity index (χ2n) is 6.66. The fourth-order valence-electron chi connectivity index (χ4n) is 2.82. The molecule has 0 unspecified atom stereocenters. The molecule has 1 N–H and O–H groups in total. The maximum Gasteiger partial charge on any atom is 0.299 e. The van der Waals surface area contributed by atoms with Gasteiger partial charge in [-0.25, -0.2) is 13.8 Å². The van der Waals surface area contributed by atoms with Crippen molar-refractivity contribution in [2.75, 3.05) is 0 Å². The number of H-pyrrole nitrogens is 1. The average Bonchev–Trinajstić information content (AvgIpc) is 2.73. The van der Waals surface area contributed by atoms with Crippen molar-refractivity contribution in [2.45, 2.75) is 25.3 Å². The lowest BCUT2D eigenvalue weighted by molar-refractivity contribution is -0.0643. The molecule has 2 aromatic heterocycles. The lowest BCUT2D eigenvalue weighted by Crippen LogP contribution is -2.30. The van der Waals surface area contributed by atoms with Crippen molar-refractivity contribution < 1.29 is 22.3 Å². The van der Waals surface area contributed by atoms with E-state index in [1.54, 1.807) is 6.07 Å². The normalized spacial score (nSPS) is 11.5. The summed E-state index contributed by atoms with van der Waals surface area (Å²) in [4.78, 5) is 30.8. The van der Waals surface area contributed by atoms with Crippen molar-refractivity contribution in [1.29, 1.82) is 5.26 Å². The van der Waals surface area contributed by atoms with Crippen LogP contribution in [-0.4, -0.2) is 21.0 Å². The molecule has 0 spiro atoms. The van der Waals surface area contributed by atoms with Gasteiger partial charge < -0.3 is 9.72 Å². The van der Waals surface area contributed by atoms with Crippen LogP contribution in [0.5, 0.6) is 11.5 Å². The third-order valence-corrected chi connectivity index (χ3v) is 4.94. The Hall–Kier alpha value is -3.36. The van der Waals surface area contributed by atoms with Gasteiger partial charge in [0, 0.05) is 22.8 Å². The number of ether oxygens (including phenoxy) is 1. The minimum atomic E-state index is -4.25. The second-order valence-corrected chi connectivity index (χ2v) is 7.47. The number of rotatable bonds is 7. The smallest absolute Gasteiger partial charge is 0.299 e. The number of nitriles is 1. The van der Waals surface area contributed by atoms with E-state index >= 15 is 0 Å². The maximum atomic E-state index is 14.6. The Morgan fingerprint density at radius 2 is 2.00 bits per heavy atom. The molecule has 3 aromatic rings. The first kappa shape index (κ1) is 24.3. The molecule has 0 amide bonds.